The summed E-state index contributed by atoms with van der Waals surface area (Å²) in [6.45, 7) is 3.14. The number of hydrogen-bond acceptors (Lipinski definition) is 2. The molecule has 0 bridgehead atoms. The molecule has 0 unspecified atom stereocenters. The zero-order valence-corrected chi connectivity index (χ0v) is 19.4. The fourth-order valence-electron chi connectivity index (χ4n) is 5.71. The fraction of sp³-hybridized carbons (Fsp3) is 0.241. The van der Waals surface area contributed by atoms with Crippen molar-refractivity contribution in [2.45, 2.75) is 32.0 Å². The summed E-state index contributed by atoms with van der Waals surface area (Å²) in [5.41, 5.74) is 6.31. The molecule has 0 saturated carbocycles. The van der Waals surface area contributed by atoms with Crippen LogP contribution < -0.4 is 0 Å². The van der Waals surface area contributed by atoms with Gasteiger partial charge in [-0.25, -0.2) is 0 Å². The Labute approximate surface area is 199 Å². The molecule has 4 aromatic rings. The molecule has 5 heteroatoms. The summed E-state index contributed by atoms with van der Waals surface area (Å²) in [4.78, 5) is 31.2. The SMILES string of the molecule is C[C@@H](C(=O)N1CCc2ccccc2C1)N1C(=O)c2ccccc2[C@@H]1c1cn(C)c2ccccc12. The van der Waals surface area contributed by atoms with Gasteiger partial charge in [0.2, 0.25) is 5.91 Å². The molecule has 0 fully saturated rings. The van der Waals surface area contributed by atoms with Gasteiger partial charge in [0.15, 0.2) is 0 Å². The lowest BCUT2D eigenvalue weighted by Gasteiger charge is -2.36. The van der Waals surface area contributed by atoms with Crippen LogP contribution in [0.4, 0.5) is 0 Å². The molecule has 1 aromatic heterocycles. The van der Waals surface area contributed by atoms with Gasteiger partial charge in [0.1, 0.15) is 6.04 Å². The Kier molecular flexibility index (Phi) is 4.80. The van der Waals surface area contributed by atoms with Crippen molar-refractivity contribution in [2.24, 2.45) is 7.05 Å². The summed E-state index contributed by atoms with van der Waals surface area (Å²) in [5, 5.41) is 1.11. The Hall–Kier alpha value is -3.86. The maximum atomic E-state index is 13.8. The highest BCUT2D eigenvalue weighted by molar-refractivity contribution is 6.03. The summed E-state index contributed by atoms with van der Waals surface area (Å²) in [6.07, 6.45) is 2.95. The van der Waals surface area contributed by atoms with Gasteiger partial charge in [0.05, 0.1) is 6.04 Å². The maximum absolute atomic E-state index is 13.8. The van der Waals surface area contributed by atoms with E-state index in [1.807, 2.05) is 67.4 Å². The maximum Gasteiger partial charge on any atom is 0.255 e. The normalized spacial score (nSPS) is 18.2. The van der Waals surface area contributed by atoms with E-state index in [1.54, 1.807) is 4.90 Å². The van der Waals surface area contributed by atoms with Gasteiger partial charge in [-0.2, -0.15) is 0 Å². The van der Waals surface area contributed by atoms with E-state index < -0.39 is 6.04 Å². The molecule has 0 spiro atoms. The molecule has 3 heterocycles. The van der Waals surface area contributed by atoms with E-state index in [4.69, 9.17) is 0 Å². The molecule has 2 atom stereocenters. The van der Waals surface area contributed by atoms with E-state index in [-0.39, 0.29) is 17.9 Å². The second kappa shape index (κ2) is 7.87. The van der Waals surface area contributed by atoms with Crippen molar-refractivity contribution >= 4 is 22.7 Å². The molecule has 0 saturated heterocycles. The minimum absolute atomic E-state index is 0.000830. The molecule has 2 aliphatic rings. The molecule has 2 amide bonds. The number of aromatic nitrogens is 1. The Balaban J connectivity index is 1.41. The summed E-state index contributed by atoms with van der Waals surface area (Å²) in [6, 6.07) is 23.4. The van der Waals surface area contributed by atoms with Crippen LogP contribution in [0.1, 0.15) is 45.6 Å². The third-order valence-electron chi connectivity index (χ3n) is 7.44. The first-order valence-corrected chi connectivity index (χ1v) is 11.9. The van der Waals surface area contributed by atoms with Crippen LogP contribution >= 0.6 is 0 Å². The van der Waals surface area contributed by atoms with Crippen molar-refractivity contribution in [1.29, 1.82) is 0 Å². The molecule has 2 aliphatic heterocycles. The highest BCUT2D eigenvalue weighted by Crippen LogP contribution is 2.43. The number of rotatable bonds is 3. The lowest BCUT2D eigenvalue weighted by Crippen LogP contribution is -2.49. The molecule has 170 valence electrons. The van der Waals surface area contributed by atoms with Crippen molar-refractivity contribution in [2.75, 3.05) is 6.54 Å². The van der Waals surface area contributed by atoms with Gasteiger partial charge < -0.3 is 14.4 Å². The standard InChI is InChI=1S/C29H27N3O2/c1-19(28(33)31-16-15-20-9-3-4-10-21(20)17-31)32-27(23-12-5-6-13-24(23)29(32)34)25-18-30(2)26-14-8-7-11-22(25)26/h3-14,18-19,27H,15-17H2,1-2H3/t19-,27+/m0/s1. The highest BCUT2D eigenvalue weighted by Gasteiger charge is 2.44. The minimum Gasteiger partial charge on any atom is -0.350 e. The first-order chi connectivity index (χ1) is 16.5. The van der Waals surface area contributed by atoms with Crippen LogP contribution in [-0.4, -0.2) is 38.8 Å². The van der Waals surface area contributed by atoms with Gasteiger partial charge in [-0.3, -0.25) is 9.59 Å². The molecule has 5 nitrogen and oxygen atoms in total. The average molecular weight is 450 g/mol. The Morgan fingerprint density at radius 1 is 0.912 bits per heavy atom. The average Bonchev–Trinajstić information content (AvgIpc) is 3.37. The number of carbonyl (C=O) groups excluding carboxylic acids is 2. The number of nitrogens with zero attached hydrogens (tertiary/aromatic N) is 3. The second-order valence-corrected chi connectivity index (χ2v) is 9.37. The molecule has 0 aliphatic carbocycles. The van der Waals surface area contributed by atoms with E-state index in [2.05, 4.69) is 35.0 Å². The van der Waals surface area contributed by atoms with Crippen molar-refractivity contribution < 1.29 is 9.59 Å². The van der Waals surface area contributed by atoms with E-state index >= 15 is 0 Å². The number of amides is 2. The van der Waals surface area contributed by atoms with Crippen LogP contribution in [0.15, 0.2) is 79.0 Å². The number of fused-ring (bicyclic) bond motifs is 3. The Bertz CT molecular complexity index is 1440. The largest absolute Gasteiger partial charge is 0.350 e. The number of carbonyl (C=O) groups is 2. The Morgan fingerprint density at radius 2 is 1.62 bits per heavy atom. The van der Waals surface area contributed by atoms with Gasteiger partial charge in [-0.15, -0.1) is 0 Å². The van der Waals surface area contributed by atoms with Crippen LogP contribution in [0.3, 0.4) is 0 Å². The first kappa shape index (κ1) is 20.7. The van der Waals surface area contributed by atoms with E-state index in [0.29, 0.717) is 18.7 Å². The van der Waals surface area contributed by atoms with Crippen molar-refractivity contribution in [3.8, 4) is 0 Å². The summed E-state index contributed by atoms with van der Waals surface area (Å²) >= 11 is 0. The van der Waals surface area contributed by atoms with Crippen molar-refractivity contribution in [1.82, 2.24) is 14.4 Å². The monoisotopic (exact) mass is 449 g/mol. The second-order valence-electron chi connectivity index (χ2n) is 9.37. The Morgan fingerprint density at radius 3 is 2.47 bits per heavy atom. The summed E-state index contributed by atoms with van der Waals surface area (Å²) in [7, 11) is 2.03. The quantitative estimate of drug-likeness (QED) is 0.455. The van der Waals surface area contributed by atoms with Crippen LogP contribution in [0.25, 0.3) is 10.9 Å². The van der Waals surface area contributed by atoms with Gasteiger partial charge in [0.25, 0.3) is 5.91 Å². The third kappa shape index (κ3) is 3.07. The van der Waals surface area contributed by atoms with Gasteiger partial charge in [0, 0.05) is 48.4 Å². The van der Waals surface area contributed by atoms with Crippen molar-refractivity contribution in [3.63, 3.8) is 0 Å². The van der Waals surface area contributed by atoms with E-state index in [0.717, 1.165) is 28.5 Å². The van der Waals surface area contributed by atoms with Crippen LogP contribution in [0, 0.1) is 0 Å². The number of aryl methyl sites for hydroxylation is 1. The molecular formula is C29H27N3O2. The molecule has 3 aromatic carbocycles. The fourth-order valence-corrected chi connectivity index (χ4v) is 5.71. The van der Waals surface area contributed by atoms with Gasteiger partial charge >= 0.3 is 0 Å². The predicted octanol–water partition coefficient (Wildman–Crippen LogP) is 4.70. The van der Waals surface area contributed by atoms with Crippen LogP contribution in [-0.2, 0) is 24.8 Å². The smallest absolute Gasteiger partial charge is 0.255 e. The third-order valence-corrected chi connectivity index (χ3v) is 7.44. The van der Waals surface area contributed by atoms with Crippen LogP contribution in [0.5, 0.6) is 0 Å². The van der Waals surface area contributed by atoms with E-state index in [1.165, 1.54) is 11.1 Å². The van der Waals surface area contributed by atoms with Gasteiger partial charge in [-0.1, -0.05) is 60.7 Å². The van der Waals surface area contributed by atoms with Gasteiger partial charge in [-0.05, 0) is 42.2 Å². The molecule has 0 N–H and O–H groups in total. The number of para-hydroxylation sites is 1. The zero-order valence-electron chi connectivity index (χ0n) is 19.4. The molecular weight excluding hydrogens is 422 g/mol. The minimum atomic E-state index is -0.575. The molecule has 0 radical (unpaired) electrons. The van der Waals surface area contributed by atoms with Crippen molar-refractivity contribution in [3.05, 3.63) is 107 Å². The summed E-state index contributed by atoms with van der Waals surface area (Å²) < 4.78 is 2.10. The lowest BCUT2D eigenvalue weighted by molar-refractivity contribution is -0.136. The predicted molar refractivity (Wildman–Crippen MR) is 132 cm³/mol. The zero-order chi connectivity index (χ0) is 23.4. The summed E-state index contributed by atoms with van der Waals surface area (Å²) in [5.74, 6) is -0.0762. The lowest BCUT2D eigenvalue weighted by atomic mass is 9.96. The molecule has 6 rings (SSSR count). The topological polar surface area (TPSA) is 45.6 Å². The highest BCUT2D eigenvalue weighted by atomic mass is 16.2. The number of benzene rings is 3. The molecule has 34 heavy (non-hydrogen) atoms. The first-order valence-electron chi connectivity index (χ1n) is 11.9. The number of hydrogen-bond donors (Lipinski definition) is 0. The van der Waals surface area contributed by atoms with E-state index in [9.17, 15) is 9.59 Å². The van der Waals surface area contributed by atoms with Crippen LogP contribution in [0.2, 0.25) is 0 Å².